The van der Waals surface area contributed by atoms with Gasteiger partial charge in [-0.2, -0.15) is 0 Å². The first-order valence-electron chi connectivity index (χ1n) is 12.0. The summed E-state index contributed by atoms with van der Waals surface area (Å²) < 4.78 is 6.22. The predicted molar refractivity (Wildman–Crippen MR) is 141 cm³/mol. The Balaban J connectivity index is 0.000000175. The van der Waals surface area contributed by atoms with E-state index in [1.165, 1.54) is 29.2 Å². The van der Waals surface area contributed by atoms with E-state index in [9.17, 15) is 0 Å². The number of furan rings is 1. The van der Waals surface area contributed by atoms with Gasteiger partial charge in [0.15, 0.2) is 0 Å². The van der Waals surface area contributed by atoms with Crippen LogP contribution < -0.4 is 0 Å². The van der Waals surface area contributed by atoms with Crippen molar-refractivity contribution in [1.82, 2.24) is 9.97 Å². The first-order chi connectivity index (χ1) is 17.4. The van der Waals surface area contributed by atoms with E-state index >= 15 is 0 Å². The molecular weight excluding hydrogens is 621 g/mol. The van der Waals surface area contributed by atoms with E-state index < -0.39 is 0 Å². The molecule has 3 aromatic heterocycles. The Morgan fingerprint density at radius 1 is 0.722 bits per heavy atom. The van der Waals surface area contributed by atoms with Crippen molar-refractivity contribution in [3.8, 4) is 22.5 Å². The van der Waals surface area contributed by atoms with Crippen molar-refractivity contribution in [3.63, 3.8) is 0 Å². The molecule has 0 aliphatic heterocycles. The van der Waals surface area contributed by atoms with Gasteiger partial charge < -0.3 is 14.4 Å². The molecule has 0 bridgehead atoms. The molecule has 0 unspecified atom stereocenters. The minimum absolute atomic E-state index is 0. The molecular formula is C32H24IrN2O-2. The topological polar surface area (TPSA) is 38.9 Å². The van der Waals surface area contributed by atoms with Gasteiger partial charge in [0.2, 0.25) is 0 Å². The minimum Gasteiger partial charge on any atom is -0.505 e. The molecule has 1 aliphatic carbocycles. The van der Waals surface area contributed by atoms with Gasteiger partial charge in [-0.15, -0.1) is 54.1 Å². The summed E-state index contributed by atoms with van der Waals surface area (Å²) in [4.78, 5) is 8.86. The van der Waals surface area contributed by atoms with Crippen molar-refractivity contribution in [3.05, 3.63) is 121 Å². The summed E-state index contributed by atoms with van der Waals surface area (Å²) >= 11 is 0. The molecule has 0 saturated carbocycles. The number of nitrogens with zero attached hydrogens (tertiary/aromatic N) is 2. The maximum atomic E-state index is 6.22. The van der Waals surface area contributed by atoms with E-state index in [1.807, 2.05) is 60.8 Å². The molecule has 3 nitrogen and oxygen atoms in total. The molecule has 3 aromatic carbocycles. The second-order valence-electron chi connectivity index (χ2n) is 8.71. The quantitative estimate of drug-likeness (QED) is 0.180. The van der Waals surface area contributed by atoms with Crippen LogP contribution in [0.2, 0.25) is 0 Å². The minimum atomic E-state index is 0. The molecule has 0 atom stereocenters. The molecule has 0 spiro atoms. The van der Waals surface area contributed by atoms with Gasteiger partial charge in [0.05, 0.1) is 11.3 Å². The van der Waals surface area contributed by atoms with Gasteiger partial charge >= 0.3 is 0 Å². The molecule has 0 amide bonds. The Morgan fingerprint density at radius 3 is 2.39 bits per heavy atom. The van der Waals surface area contributed by atoms with E-state index in [0.29, 0.717) is 0 Å². The Kier molecular flexibility index (Phi) is 7.36. The van der Waals surface area contributed by atoms with Gasteiger partial charge in [0.1, 0.15) is 0 Å². The van der Waals surface area contributed by atoms with Crippen LogP contribution in [-0.2, 0) is 32.9 Å². The van der Waals surface area contributed by atoms with Gasteiger partial charge in [-0.3, -0.25) is 0 Å². The standard InChI is InChI=1S/C21H16NO.C11H8N.Ir/c1-2-7-15-13-22-19(12-14(15)6-1)18-10-5-9-17-16-8-3-4-11-20(16)23-21(17)18;1-2-6-10(7-3-1)11-8-4-5-9-12-11;/h1-2,5-7,9,12-13H,3-4,8,11H2;1-6,8-9H;/q2*-1;. The summed E-state index contributed by atoms with van der Waals surface area (Å²) in [5.74, 6) is 1.16. The third-order valence-electron chi connectivity index (χ3n) is 6.45. The van der Waals surface area contributed by atoms with Crippen LogP contribution in [0.1, 0.15) is 24.2 Å². The Labute approximate surface area is 224 Å². The number of pyridine rings is 2. The van der Waals surface area contributed by atoms with Crippen molar-refractivity contribution in [2.75, 3.05) is 0 Å². The molecule has 7 rings (SSSR count). The van der Waals surface area contributed by atoms with Gasteiger partial charge in [-0.1, -0.05) is 53.4 Å². The maximum Gasteiger partial charge on any atom is 0.0930 e. The summed E-state index contributed by atoms with van der Waals surface area (Å²) in [6.45, 7) is 0. The second-order valence-corrected chi connectivity index (χ2v) is 8.71. The summed E-state index contributed by atoms with van der Waals surface area (Å²) in [7, 11) is 0. The van der Waals surface area contributed by atoms with Crippen molar-refractivity contribution in [1.29, 1.82) is 0 Å². The molecule has 3 heterocycles. The number of rotatable bonds is 2. The second kappa shape index (κ2) is 11.0. The van der Waals surface area contributed by atoms with E-state index in [0.717, 1.165) is 52.1 Å². The van der Waals surface area contributed by atoms with Crippen molar-refractivity contribution < 1.29 is 24.5 Å². The zero-order chi connectivity index (χ0) is 23.5. The van der Waals surface area contributed by atoms with Crippen molar-refractivity contribution in [2.45, 2.75) is 25.7 Å². The predicted octanol–water partition coefficient (Wildman–Crippen LogP) is 7.87. The number of hydrogen-bond donors (Lipinski definition) is 0. The Morgan fingerprint density at radius 2 is 1.56 bits per heavy atom. The number of fused-ring (bicyclic) bond motifs is 4. The average Bonchev–Trinajstić information content (AvgIpc) is 3.33. The van der Waals surface area contributed by atoms with Gasteiger partial charge in [-0.05, 0) is 53.1 Å². The monoisotopic (exact) mass is 645 g/mol. The fourth-order valence-corrected chi connectivity index (χ4v) is 4.71. The molecule has 0 fully saturated rings. The van der Waals surface area contributed by atoms with Crippen molar-refractivity contribution in [2.24, 2.45) is 0 Å². The number of benzene rings is 3. The molecule has 0 saturated heterocycles. The smallest absolute Gasteiger partial charge is 0.0930 e. The van der Waals surface area contributed by atoms with Crippen LogP contribution in [0.3, 0.4) is 0 Å². The molecule has 179 valence electrons. The first kappa shape index (κ1) is 24.1. The Hall–Kier alpha value is -3.59. The fraction of sp³-hybridized carbons (Fsp3) is 0.125. The van der Waals surface area contributed by atoms with E-state index in [4.69, 9.17) is 4.42 Å². The van der Waals surface area contributed by atoms with Crippen LogP contribution in [0.5, 0.6) is 0 Å². The first-order valence-corrected chi connectivity index (χ1v) is 12.0. The Bertz CT molecular complexity index is 1560. The molecule has 36 heavy (non-hydrogen) atoms. The van der Waals surface area contributed by atoms with Crippen LogP contribution in [0, 0.1) is 12.1 Å². The largest absolute Gasteiger partial charge is 0.505 e. The third-order valence-corrected chi connectivity index (χ3v) is 6.45. The number of aromatic nitrogens is 2. The van der Waals surface area contributed by atoms with E-state index in [1.54, 1.807) is 6.20 Å². The van der Waals surface area contributed by atoms with E-state index in [-0.39, 0.29) is 20.1 Å². The molecule has 4 heteroatoms. The molecule has 1 radical (unpaired) electrons. The summed E-state index contributed by atoms with van der Waals surface area (Å²) in [6, 6.07) is 34.7. The third kappa shape index (κ3) is 4.88. The summed E-state index contributed by atoms with van der Waals surface area (Å²) in [5.41, 5.74) is 6.25. The maximum absolute atomic E-state index is 6.22. The number of aryl methyl sites for hydroxylation is 2. The molecule has 1 aliphatic rings. The van der Waals surface area contributed by atoms with Crippen LogP contribution in [-0.4, -0.2) is 9.97 Å². The zero-order valence-corrected chi connectivity index (χ0v) is 22.1. The van der Waals surface area contributed by atoms with Crippen molar-refractivity contribution >= 4 is 21.7 Å². The van der Waals surface area contributed by atoms with Crippen LogP contribution in [0.4, 0.5) is 0 Å². The van der Waals surface area contributed by atoms with Crippen LogP contribution in [0.25, 0.3) is 44.3 Å². The molecule has 0 N–H and O–H groups in total. The SMILES string of the molecule is [Ir].[c-]1ccc2c3c(oc2c1-c1cc2ccccc2cn1)CCCC3.[c-]1ccccc1-c1ccccn1. The fourth-order valence-electron chi connectivity index (χ4n) is 4.71. The summed E-state index contributed by atoms with van der Waals surface area (Å²) in [5, 5.41) is 3.59. The number of hydrogen-bond acceptors (Lipinski definition) is 3. The average molecular weight is 645 g/mol. The molecule has 6 aromatic rings. The van der Waals surface area contributed by atoms with Crippen LogP contribution >= 0.6 is 0 Å². The van der Waals surface area contributed by atoms with Gasteiger partial charge in [-0.25, -0.2) is 0 Å². The zero-order valence-electron chi connectivity index (χ0n) is 19.7. The normalized spacial score (nSPS) is 12.3. The van der Waals surface area contributed by atoms with E-state index in [2.05, 4.69) is 52.4 Å². The summed E-state index contributed by atoms with van der Waals surface area (Å²) in [6.07, 6.45) is 8.37. The van der Waals surface area contributed by atoms with Gasteiger partial charge in [0, 0.05) is 38.9 Å². The van der Waals surface area contributed by atoms with Gasteiger partial charge in [0.25, 0.3) is 0 Å². The van der Waals surface area contributed by atoms with Crippen LogP contribution in [0.15, 0.2) is 102 Å².